The molecule has 0 saturated carbocycles. The molecule has 0 fully saturated rings. The molecule has 0 amide bonds. The molecule has 2 rings (SSSR count). The highest BCUT2D eigenvalue weighted by Gasteiger charge is 2.15. The summed E-state index contributed by atoms with van der Waals surface area (Å²) in [5, 5.41) is 0.0432. The monoisotopic (exact) mass is 244 g/mol. The number of benzene rings is 1. The third-order valence-corrected chi connectivity index (χ3v) is 2.10. The van der Waals surface area contributed by atoms with E-state index in [0.717, 1.165) is 12.1 Å². The molecule has 0 N–H and O–H groups in total. The summed E-state index contributed by atoms with van der Waals surface area (Å²) in [6, 6.07) is 1.89. The van der Waals surface area contributed by atoms with Gasteiger partial charge in [-0.3, -0.25) is 4.98 Å². The van der Waals surface area contributed by atoms with Crippen LogP contribution in [0.2, 0.25) is 5.15 Å². The number of hydrogen-bond donors (Lipinski definition) is 0. The minimum atomic E-state index is -1.54. The molecule has 0 spiro atoms. The Morgan fingerprint density at radius 2 is 1.75 bits per heavy atom. The first kappa shape index (κ1) is 10.9. The molecule has 1 heterocycles. The molecule has 16 heavy (non-hydrogen) atoms. The standard InChI is InChI=1S/C10H4ClF3N2/c11-8-4-15-3-7(16-8)5-1-2-6(12)10(14)9(5)13/h1-4H. The molecular formula is C10H4ClF3N2. The Labute approximate surface area is 93.7 Å². The average Bonchev–Trinajstić information content (AvgIpc) is 2.26. The Kier molecular flexibility index (Phi) is 2.78. The third-order valence-electron chi connectivity index (χ3n) is 1.92. The van der Waals surface area contributed by atoms with Crippen molar-refractivity contribution in [2.45, 2.75) is 0 Å². The van der Waals surface area contributed by atoms with Crippen molar-refractivity contribution < 1.29 is 13.2 Å². The SMILES string of the molecule is Fc1ccc(-c2cncc(Cl)n2)c(F)c1F. The van der Waals surface area contributed by atoms with Gasteiger partial charge in [-0.1, -0.05) is 11.6 Å². The molecule has 0 aliphatic carbocycles. The van der Waals surface area contributed by atoms with Gasteiger partial charge in [-0.2, -0.15) is 0 Å². The largest absolute Gasteiger partial charge is 0.259 e. The van der Waals surface area contributed by atoms with E-state index < -0.39 is 17.5 Å². The predicted octanol–water partition coefficient (Wildman–Crippen LogP) is 3.21. The van der Waals surface area contributed by atoms with E-state index >= 15 is 0 Å². The summed E-state index contributed by atoms with van der Waals surface area (Å²) in [5.41, 5.74) is -0.141. The van der Waals surface area contributed by atoms with Crippen molar-refractivity contribution in [1.82, 2.24) is 9.97 Å². The van der Waals surface area contributed by atoms with E-state index in [2.05, 4.69) is 9.97 Å². The first-order valence-electron chi connectivity index (χ1n) is 4.21. The first-order chi connectivity index (χ1) is 7.59. The number of aromatic nitrogens is 2. The molecule has 2 aromatic rings. The van der Waals surface area contributed by atoms with E-state index in [1.165, 1.54) is 12.4 Å². The van der Waals surface area contributed by atoms with Crippen LogP contribution in [0.1, 0.15) is 0 Å². The average molecular weight is 245 g/mol. The topological polar surface area (TPSA) is 25.8 Å². The molecule has 2 nitrogen and oxygen atoms in total. The van der Waals surface area contributed by atoms with Crippen molar-refractivity contribution in [3.63, 3.8) is 0 Å². The lowest BCUT2D eigenvalue weighted by atomic mass is 10.1. The van der Waals surface area contributed by atoms with Gasteiger partial charge in [-0.15, -0.1) is 0 Å². The summed E-state index contributed by atoms with van der Waals surface area (Å²) in [4.78, 5) is 7.43. The summed E-state index contributed by atoms with van der Waals surface area (Å²) in [6.45, 7) is 0. The van der Waals surface area contributed by atoms with Crippen LogP contribution in [0.3, 0.4) is 0 Å². The fraction of sp³-hybridized carbons (Fsp3) is 0. The molecule has 0 unspecified atom stereocenters. The molecule has 82 valence electrons. The van der Waals surface area contributed by atoms with Crippen molar-refractivity contribution in [3.05, 3.63) is 47.1 Å². The van der Waals surface area contributed by atoms with Crippen molar-refractivity contribution in [3.8, 4) is 11.3 Å². The zero-order chi connectivity index (χ0) is 11.7. The van der Waals surface area contributed by atoms with Gasteiger partial charge in [-0.05, 0) is 12.1 Å². The molecule has 1 aromatic heterocycles. The van der Waals surface area contributed by atoms with Crippen LogP contribution in [0.15, 0.2) is 24.5 Å². The fourth-order valence-corrected chi connectivity index (χ4v) is 1.34. The zero-order valence-corrected chi connectivity index (χ0v) is 8.47. The maximum Gasteiger partial charge on any atom is 0.195 e. The highest BCUT2D eigenvalue weighted by molar-refractivity contribution is 6.29. The van der Waals surface area contributed by atoms with Crippen molar-refractivity contribution >= 4 is 11.6 Å². The Morgan fingerprint density at radius 3 is 2.44 bits per heavy atom. The van der Waals surface area contributed by atoms with E-state index in [0.29, 0.717) is 0 Å². The molecule has 6 heteroatoms. The van der Waals surface area contributed by atoms with Crippen LogP contribution in [0.25, 0.3) is 11.3 Å². The molecule has 1 aromatic carbocycles. The lowest BCUT2D eigenvalue weighted by Gasteiger charge is -2.03. The highest BCUT2D eigenvalue weighted by Crippen LogP contribution is 2.24. The van der Waals surface area contributed by atoms with Gasteiger partial charge in [0.1, 0.15) is 5.15 Å². The van der Waals surface area contributed by atoms with Crippen LogP contribution >= 0.6 is 11.6 Å². The van der Waals surface area contributed by atoms with Gasteiger partial charge >= 0.3 is 0 Å². The fourth-order valence-electron chi connectivity index (χ4n) is 1.20. The first-order valence-corrected chi connectivity index (χ1v) is 4.59. The Balaban J connectivity index is 2.61. The van der Waals surface area contributed by atoms with Gasteiger partial charge < -0.3 is 0 Å². The number of rotatable bonds is 1. The molecule has 0 aliphatic rings. The summed E-state index contributed by atoms with van der Waals surface area (Å²) in [6.07, 6.45) is 2.46. The Hall–Kier alpha value is -1.62. The molecule has 0 saturated heterocycles. The van der Waals surface area contributed by atoms with E-state index in [1.807, 2.05) is 0 Å². The van der Waals surface area contributed by atoms with Crippen LogP contribution in [0, 0.1) is 17.5 Å². The Bertz CT molecular complexity index is 546. The smallest absolute Gasteiger partial charge is 0.195 e. The van der Waals surface area contributed by atoms with Gasteiger partial charge in [0.25, 0.3) is 0 Å². The van der Waals surface area contributed by atoms with Gasteiger partial charge in [-0.25, -0.2) is 18.2 Å². The minimum absolute atomic E-state index is 0.0432. The van der Waals surface area contributed by atoms with Gasteiger partial charge in [0.05, 0.1) is 18.1 Å². The van der Waals surface area contributed by atoms with Gasteiger partial charge in [0.15, 0.2) is 17.5 Å². The van der Waals surface area contributed by atoms with Crippen LogP contribution in [0.4, 0.5) is 13.2 Å². The van der Waals surface area contributed by atoms with Gasteiger partial charge in [0, 0.05) is 5.56 Å². The second kappa shape index (κ2) is 4.09. The van der Waals surface area contributed by atoms with Crippen LogP contribution in [-0.4, -0.2) is 9.97 Å². The summed E-state index contributed by atoms with van der Waals surface area (Å²) in [5.74, 6) is -4.10. The quantitative estimate of drug-likeness (QED) is 0.720. The minimum Gasteiger partial charge on any atom is -0.259 e. The van der Waals surface area contributed by atoms with E-state index in [9.17, 15) is 13.2 Å². The highest BCUT2D eigenvalue weighted by atomic mass is 35.5. The Morgan fingerprint density at radius 1 is 1.00 bits per heavy atom. The molecular weight excluding hydrogens is 241 g/mol. The molecule has 0 atom stereocenters. The van der Waals surface area contributed by atoms with E-state index in [1.54, 1.807) is 0 Å². The van der Waals surface area contributed by atoms with Crippen LogP contribution < -0.4 is 0 Å². The third kappa shape index (κ3) is 1.86. The summed E-state index contributed by atoms with van der Waals surface area (Å²) in [7, 11) is 0. The zero-order valence-electron chi connectivity index (χ0n) is 7.72. The van der Waals surface area contributed by atoms with Crippen molar-refractivity contribution in [2.24, 2.45) is 0 Å². The maximum absolute atomic E-state index is 13.4. The molecule has 0 bridgehead atoms. The van der Waals surface area contributed by atoms with Crippen molar-refractivity contribution in [1.29, 1.82) is 0 Å². The lowest BCUT2D eigenvalue weighted by Crippen LogP contribution is -1.96. The summed E-state index contributed by atoms with van der Waals surface area (Å²) >= 11 is 5.55. The normalized spacial score (nSPS) is 10.5. The molecule has 0 aliphatic heterocycles. The second-order valence-corrected chi connectivity index (χ2v) is 3.34. The van der Waals surface area contributed by atoms with Gasteiger partial charge in [0.2, 0.25) is 0 Å². The molecule has 0 radical (unpaired) electrons. The van der Waals surface area contributed by atoms with Crippen molar-refractivity contribution in [2.75, 3.05) is 0 Å². The predicted molar refractivity (Wildman–Crippen MR) is 52.4 cm³/mol. The van der Waals surface area contributed by atoms with E-state index in [-0.39, 0.29) is 16.4 Å². The van der Waals surface area contributed by atoms with Crippen LogP contribution in [-0.2, 0) is 0 Å². The van der Waals surface area contributed by atoms with E-state index in [4.69, 9.17) is 11.6 Å². The van der Waals surface area contributed by atoms with Crippen LogP contribution in [0.5, 0.6) is 0 Å². The second-order valence-electron chi connectivity index (χ2n) is 2.95. The lowest BCUT2D eigenvalue weighted by molar-refractivity contribution is 0.449. The number of hydrogen-bond acceptors (Lipinski definition) is 2. The maximum atomic E-state index is 13.4. The number of halogens is 4. The number of nitrogens with zero attached hydrogens (tertiary/aromatic N) is 2. The summed E-state index contributed by atoms with van der Waals surface area (Å²) < 4.78 is 39.0.